The van der Waals surface area contributed by atoms with E-state index >= 15 is 0 Å². The van der Waals surface area contributed by atoms with Crippen molar-refractivity contribution in [1.82, 2.24) is 0 Å². The van der Waals surface area contributed by atoms with Gasteiger partial charge in [-0.1, -0.05) is 79.1 Å². The SMILES string of the molecule is Cc1ccc(C2CCCCC2)cc1.O=C1C=C([O-])C(=O)c2ccccc21.[Na+]. The minimum atomic E-state index is -0.733. The van der Waals surface area contributed by atoms with Gasteiger partial charge in [0.15, 0.2) is 11.6 Å². The van der Waals surface area contributed by atoms with Crippen molar-refractivity contribution in [2.24, 2.45) is 0 Å². The topological polar surface area (TPSA) is 57.2 Å². The maximum Gasteiger partial charge on any atom is 1.00 e. The van der Waals surface area contributed by atoms with E-state index < -0.39 is 11.5 Å². The Kier molecular flexibility index (Phi) is 8.03. The van der Waals surface area contributed by atoms with Crippen molar-refractivity contribution < 1.29 is 44.3 Å². The summed E-state index contributed by atoms with van der Waals surface area (Å²) in [5.41, 5.74) is 3.46. The van der Waals surface area contributed by atoms with Crippen LogP contribution in [0.5, 0.6) is 0 Å². The van der Waals surface area contributed by atoms with Crippen LogP contribution in [-0.2, 0) is 0 Å². The number of allylic oxidation sites excluding steroid dienone is 2. The predicted octanol–water partition coefficient (Wildman–Crippen LogP) is 1.36. The smallest absolute Gasteiger partial charge is 0.870 e. The van der Waals surface area contributed by atoms with Gasteiger partial charge in [-0.15, -0.1) is 0 Å². The number of hydrogen-bond donors (Lipinski definition) is 0. The van der Waals surface area contributed by atoms with E-state index in [-0.39, 0.29) is 40.9 Å². The van der Waals surface area contributed by atoms with Crippen LogP contribution >= 0.6 is 0 Å². The van der Waals surface area contributed by atoms with Gasteiger partial charge in [-0.25, -0.2) is 0 Å². The molecule has 1 fully saturated rings. The number of rotatable bonds is 1. The van der Waals surface area contributed by atoms with E-state index in [0.717, 1.165) is 12.0 Å². The Morgan fingerprint density at radius 2 is 1.44 bits per heavy atom. The van der Waals surface area contributed by atoms with Gasteiger partial charge in [0.25, 0.3) is 0 Å². The number of aryl methyl sites for hydroxylation is 1. The molecule has 0 aliphatic heterocycles. The molecule has 0 radical (unpaired) electrons. The Bertz CT molecular complexity index is 831. The summed E-state index contributed by atoms with van der Waals surface area (Å²) in [6.07, 6.45) is 7.95. The molecule has 0 heterocycles. The number of carbonyl (C=O) groups excluding carboxylic acids is 2. The number of Topliss-reactive ketones (excluding diaryl/α,β-unsaturated/α-hetero) is 1. The van der Waals surface area contributed by atoms with E-state index in [2.05, 4.69) is 31.2 Å². The maximum atomic E-state index is 11.2. The molecule has 4 rings (SSSR count). The fraction of sp³-hybridized carbons (Fsp3) is 0.304. The zero-order chi connectivity index (χ0) is 18.5. The van der Waals surface area contributed by atoms with Crippen LogP contribution in [-0.4, -0.2) is 11.6 Å². The van der Waals surface area contributed by atoms with E-state index in [1.54, 1.807) is 23.8 Å². The van der Waals surface area contributed by atoms with Gasteiger partial charge in [-0.05, 0) is 37.3 Å². The Hall–Kier alpha value is -1.68. The summed E-state index contributed by atoms with van der Waals surface area (Å²) >= 11 is 0. The van der Waals surface area contributed by atoms with Gasteiger partial charge in [0.1, 0.15) is 0 Å². The van der Waals surface area contributed by atoms with Crippen LogP contribution in [0.1, 0.15) is 69.9 Å². The molecule has 0 spiro atoms. The molecule has 2 aromatic carbocycles. The molecule has 0 aromatic heterocycles. The summed E-state index contributed by atoms with van der Waals surface area (Å²) in [5.74, 6) is -0.867. The fourth-order valence-corrected chi connectivity index (χ4v) is 3.57. The molecule has 0 amide bonds. The first kappa shape index (κ1) is 21.6. The molecule has 2 aromatic rings. The van der Waals surface area contributed by atoms with Crippen LogP contribution in [0, 0.1) is 6.92 Å². The summed E-state index contributed by atoms with van der Waals surface area (Å²) in [6, 6.07) is 15.4. The van der Waals surface area contributed by atoms with Gasteiger partial charge in [-0.3, -0.25) is 9.59 Å². The molecule has 0 atom stereocenters. The Morgan fingerprint density at radius 3 is 2.07 bits per heavy atom. The van der Waals surface area contributed by atoms with Crippen LogP contribution in [0.25, 0.3) is 0 Å². The van der Waals surface area contributed by atoms with Crippen LogP contribution in [0.4, 0.5) is 0 Å². The zero-order valence-corrected chi connectivity index (χ0v) is 18.0. The first-order chi connectivity index (χ1) is 12.6. The first-order valence-electron chi connectivity index (χ1n) is 9.19. The van der Waals surface area contributed by atoms with Crippen molar-refractivity contribution in [1.29, 1.82) is 0 Å². The van der Waals surface area contributed by atoms with Crippen LogP contribution in [0.2, 0.25) is 0 Å². The molecular formula is C23H23NaO3. The largest absolute Gasteiger partial charge is 1.00 e. The Morgan fingerprint density at radius 1 is 0.852 bits per heavy atom. The van der Waals surface area contributed by atoms with Crippen molar-refractivity contribution in [3.05, 3.63) is 82.6 Å². The maximum absolute atomic E-state index is 11.2. The molecule has 0 bridgehead atoms. The molecule has 2 aliphatic carbocycles. The Labute approximate surface area is 182 Å². The van der Waals surface area contributed by atoms with Gasteiger partial charge in [0.2, 0.25) is 0 Å². The second-order valence-electron chi connectivity index (χ2n) is 6.99. The van der Waals surface area contributed by atoms with E-state index in [0.29, 0.717) is 5.56 Å². The molecule has 134 valence electrons. The van der Waals surface area contributed by atoms with Crippen LogP contribution in [0.15, 0.2) is 60.4 Å². The third kappa shape index (κ3) is 5.41. The Balaban J connectivity index is 0.000000187. The molecule has 0 N–H and O–H groups in total. The predicted molar refractivity (Wildman–Crippen MR) is 100 cm³/mol. The molecule has 4 heteroatoms. The van der Waals surface area contributed by atoms with Crippen LogP contribution in [0.3, 0.4) is 0 Å². The summed E-state index contributed by atoms with van der Waals surface area (Å²) in [4.78, 5) is 22.4. The standard InChI is InChI=1S/C13H18.C10H6O3.Na/c1-11-7-9-13(10-8-11)12-5-3-2-4-6-12;11-8-5-9(12)10(13)7-4-2-1-3-6(7)8;/h7-10,12H,2-6H2,1H3;1-5,12H;/q;;+1/p-1. The summed E-state index contributed by atoms with van der Waals surface area (Å²) in [6.45, 7) is 2.16. The van der Waals surface area contributed by atoms with E-state index in [1.165, 1.54) is 43.7 Å². The number of ketones is 2. The monoisotopic (exact) mass is 370 g/mol. The first-order valence-corrected chi connectivity index (χ1v) is 9.19. The zero-order valence-electron chi connectivity index (χ0n) is 16.0. The fourth-order valence-electron chi connectivity index (χ4n) is 3.57. The van der Waals surface area contributed by atoms with Gasteiger partial charge in [-0.2, -0.15) is 0 Å². The number of carbonyl (C=O) groups is 2. The average molecular weight is 370 g/mol. The third-order valence-electron chi connectivity index (χ3n) is 5.08. The normalized spacial score (nSPS) is 16.4. The number of fused-ring (bicyclic) bond motifs is 1. The summed E-state index contributed by atoms with van der Waals surface area (Å²) in [5, 5.41) is 10.9. The minimum absolute atomic E-state index is 0. The van der Waals surface area contributed by atoms with Gasteiger partial charge in [0.05, 0.1) is 0 Å². The van der Waals surface area contributed by atoms with Crippen LogP contribution < -0.4 is 34.7 Å². The second-order valence-corrected chi connectivity index (χ2v) is 6.99. The quantitative estimate of drug-likeness (QED) is 0.712. The molecule has 1 saturated carbocycles. The molecule has 27 heavy (non-hydrogen) atoms. The van der Waals surface area contributed by atoms with Crippen molar-refractivity contribution in [2.75, 3.05) is 0 Å². The molecule has 0 saturated heterocycles. The van der Waals surface area contributed by atoms with E-state index in [1.807, 2.05) is 0 Å². The summed E-state index contributed by atoms with van der Waals surface area (Å²) in [7, 11) is 0. The number of benzene rings is 2. The summed E-state index contributed by atoms with van der Waals surface area (Å²) < 4.78 is 0. The van der Waals surface area contributed by atoms with Gasteiger partial charge >= 0.3 is 29.6 Å². The molecule has 2 aliphatic rings. The van der Waals surface area contributed by atoms with Gasteiger partial charge in [0, 0.05) is 11.1 Å². The molecular weight excluding hydrogens is 347 g/mol. The molecule has 3 nitrogen and oxygen atoms in total. The van der Waals surface area contributed by atoms with Crippen molar-refractivity contribution in [2.45, 2.75) is 44.9 Å². The van der Waals surface area contributed by atoms with E-state index in [4.69, 9.17) is 0 Å². The minimum Gasteiger partial charge on any atom is -0.870 e. The molecule has 0 unspecified atom stereocenters. The van der Waals surface area contributed by atoms with Gasteiger partial charge < -0.3 is 5.11 Å². The third-order valence-corrected chi connectivity index (χ3v) is 5.08. The van der Waals surface area contributed by atoms with Crippen molar-refractivity contribution in [3.8, 4) is 0 Å². The van der Waals surface area contributed by atoms with Crippen molar-refractivity contribution in [3.63, 3.8) is 0 Å². The van der Waals surface area contributed by atoms with E-state index in [9.17, 15) is 14.7 Å². The average Bonchev–Trinajstić information content (AvgIpc) is 2.68. The second kappa shape index (κ2) is 10.0. The number of hydrogen-bond acceptors (Lipinski definition) is 3. The van der Waals surface area contributed by atoms with Crippen molar-refractivity contribution >= 4 is 11.6 Å².